The van der Waals surface area contributed by atoms with Crippen LogP contribution in [0.5, 0.6) is 0 Å². The Hall–Kier alpha value is -1.75. The zero-order valence-corrected chi connectivity index (χ0v) is 10.6. The fourth-order valence-electron chi connectivity index (χ4n) is 1.90. The first-order valence-corrected chi connectivity index (χ1v) is 6.87. The summed E-state index contributed by atoms with van der Waals surface area (Å²) in [6.07, 6.45) is 5.71. The maximum Gasteiger partial charge on any atom is 0.273 e. The summed E-state index contributed by atoms with van der Waals surface area (Å²) in [5.41, 5.74) is 3.37. The number of hydrogen-bond acceptors (Lipinski definition) is 4. The summed E-state index contributed by atoms with van der Waals surface area (Å²) in [5.74, 6) is 0.0376. The highest BCUT2D eigenvalue weighted by atomic mass is 32.1. The molecule has 18 heavy (non-hydrogen) atoms. The van der Waals surface area contributed by atoms with E-state index < -0.39 is 0 Å². The molecule has 0 aliphatic heterocycles. The van der Waals surface area contributed by atoms with Gasteiger partial charge in [0, 0.05) is 30.4 Å². The molecule has 0 spiro atoms. The second-order valence-electron chi connectivity index (χ2n) is 4.39. The molecule has 1 saturated carbocycles. The molecule has 4 nitrogen and oxygen atoms in total. The van der Waals surface area contributed by atoms with Crippen molar-refractivity contribution >= 4 is 17.2 Å². The molecule has 1 fully saturated rings. The monoisotopic (exact) mass is 259 g/mol. The number of rotatable bonds is 4. The first kappa shape index (κ1) is 11.3. The SMILES string of the molecule is O=C(c1cscn1)N(Cc1ccncc1)C1CC1. The van der Waals surface area contributed by atoms with Crippen molar-refractivity contribution in [1.82, 2.24) is 14.9 Å². The van der Waals surface area contributed by atoms with Crippen LogP contribution < -0.4 is 0 Å². The van der Waals surface area contributed by atoms with Gasteiger partial charge in [0.25, 0.3) is 5.91 Å². The van der Waals surface area contributed by atoms with Crippen LogP contribution in [0.1, 0.15) is 28.9 Å². The summed E-state index contributed by atoms with van der Waals surface area (Å²) in [7, 11) is 0. The third-order valence-corrected chi connectivity index (χ3v) is 3.59. The highest BCUT2D eigenvalue weighted by Crippen LogP contribution is 2.29. The van der Waals surface area contributed by atoms with E-state index in [0.29, 0.717) is 18.3 Å². The van der Waals surface area contributed by atoms with Gasteiger partial charge in [-0.25, -0.2) is 4.98 Å². The number of carbonyl (C=O) groups excluding carboxylic acids is 1. The van der Waals surface area contributed by atoms with Gasteiger partial charge in [-0.3, -0.25) is 9.78 Å². The van der Waals surface area contributed by atoms with Crippen LogP contribution >= 0.6 is 11.3 Å². The number of aromatic nitrogens is 2. The number of carbonyl (C=O) groups is 1. The van der Waals surface area contributed by atoms with Crippen molar-refractivity contribution < 1.29 is 4.79 Å². The fourth-order valence-corrected chi connectivity index (χ4v) is 2.43. The van der Waals surface area contributed by atoms with Gasteiger partial charge in [-0.2, -0.15) is 0 Å². The Morgan fingerprint density at radius 2 is 2.17 bits per heavy atom. The summed E-state index contributed by atoms with van der Waals surface area (Å²) >= 11 is 1.46. The Kier molecular flexibility index (Phi) is 3.06. The summed E-state index contributed by atoms with van der Waals surface area (Å²) in [6.45, 7) is 0.642. The first-order chi connectivity index (χ1) is 8.84. The van der Waals surface area contributed by atoms with E-state index in [1.54, 1.807) is 17.9 Å². The summed E-state index contributed by atoms with van der Waals surface area (Å²) in [6, 6.07) is 4.28. The minimum absolute atomic E-state index is 0.0376. The third kappa shape index (κ3) is 2.41. The van der Waals surface area contributed by atoms with Crippen LogP contribution in [-0.2, 0) is 6.54 Å². The standard InChI is InChI=1S/C13H13N3OS/c17-13(12-8-18-9-15-12)16(11-1-2-11)7-10-3-5-14-6-4-10/h3-6,8-9,11H,1-2,7H2. The Balaban J connectivity index is 1.79. The zero-order valence-electron chi connectivity index (χ0n) is 9.82. The number of nitrogens with zero attached hydrogens (tertiary/aromatic N) is 3. The summed E-state index contributed by atoms with van der Waals surface area (Å²) in [4.78, 5) is 22.4. The van der Waals surface area contributed by atoms with Crippen molar-refractivity contribution in [3.05, 3.63) is 46.7 Å². The lowest BCUT2D eigenvalue weighted by Crippen LogP contribution is -2.32. The van der Waals surface area contributed by atoms with E-state index in [1.807, 2.05) is 22.4 Å². The Morgan fingerprint density at radius 3 is 2.78 bits per heavy atom. The minimum atomic E-state index is 0.0376. The van der Waals surface area contributed by atoms with Crippen LogP contribution in [0.15, 0.2) is 35.4 Å². The molecule has 0 bridgehead atoms. The number of amides is 1. The largest absolute Gasteiger partial charge is 0.330 e. The zero-order chi connectivity index (χ0) is 12.4. The smallest absolute Gasteiger partial charge is 0.273 e. The second-order valence-corrected chi connectivity index (χ2v) is 5.11. The third-order valence-electron chi connectivity index (χ3n) is 3.00. The van der Waals surface area contributed by atoms with E-state index in [4.69, 9.17) is 0 Å². The maximum absolute atomic E-state index is 12.3. The van der Waals surface area contributed by atoms with Crippen LogP contribution in [0.4, 0.5) is 0 Å². The molecule has 1 aliphatic carbocycles. The molecule has 0 saturated heterocycles. The second kappa shape index (κ2) is 4.86. The average Bonchev–Trinajstić information content (AvgIpc) is 3.10. The molecular weight excluding hydrogens is 246 g/mol. The molecule has 0 aromatic carbocycles. The summed E-state index contributed by atoms with van der Waals surface area (Å²) in [5, 5.41) is 1.81. The fraction of sp³-hybridized carbons (Fsp3) is 0.308. The Bertz CT molecular complexity index is 522. The van der Waals surface area contributed by atoms with E-state index in [-0.39, 0.29) is 5.91 Å². The van der Waals surface area contributed by atoms with Crippen molar-refractivity contribution in [3.63, 3.8) is 0 Å². The van der Waals surface area contributed by atoms with Gasteiger partial charge in [-0.1, -0.05) is 0 Å². The summed E-state index contributed by atoms with van der Waals surface area (Å²) < 4.78 is 0. The minimum Gasteiger partial charge on any atom is -0.330 e. The number of thiazole rings is 1. The highest BCUT2D eigenvalue weighted by Gasteiger charge is 2.33. The van der Waals surface area contributed by atoms with Gasteiger partial charge >= 0.3 is 0 Å². The van der Waals surface area contributed by atoms with Gasteiger partial charge < -0.3 is 4.90 Å². The van der Waals surface area contributed by atoms with Crippen LogP contribution in [0.25, 0.3) is 0 Å². The van der Waals surface area contributed by atoms with E-state index in [2.05, 4.69) is 9.97 Å². The molecule has 0 atom stereocenters. The molecule has 2 heterocycles. The lowest BCUT2D eigenvalue weighted by atomic mass is 10.2. The molecule has 0 unspecified atom stereocenters. The highest BCUT2D eigenvalue weighted by molar-refractivity contribution is 7.07. The van der Waals surface area contributed by atoms with Crippen LogP contribution in [0.3, 0.4) is 0 Å². The van der Waals surface area contributed by atoms with Gasteiger partial charge in [0.05, 0.1) is 5.51 Å². The molecular formula is C13H13N3OS. The maximum atomic E-state index is 12.3. The quantitative estimate of drug-likeness (QED) is 0.846. The van der Waals surface area contributed by atoms with Crippen LogP contribution in [0.2, 0.25) is 0 Å². The van der Waals surface area contributed by atoms with Crippen molar-refractivity contribution in [3.8, 4) is 0 Å². The molecule has 92 valence electrons. The van der Waals surface area contributed by atoms with Crippen molar-refractivity contribution in [2.24, 2.45) is 0 Å². The topological polar surface area (TPSA) is 46.1 Å². The van der Waals surface area contributed by atoms with Gasteiger partial charge in [-0.15, -0.1) is 11.3 Å². The molecule has 0 N–H and O–H groups in total. The number of hydrogen-bond donors (Lipinski definition) is 0. The molecule has 1 aliphatic rings. The predicted molar refractivity (Wildman–Crippen MR) is 69.2 cm³/mol. The first-order valence-electron chi connectivity index (χ1n) is 5.92. The van der Waals surface area contributed by atoms with E-state index in [0.717, 1.165) is 18.4 Å². The predicted octanol–water partition coefficient (Wildman–Crippen LogP) is 2.34. The molecule has 0 radical (unpaired) electrons. The van der Waals surface area contributed by atoms with E-state index in [1.165, 1.54) is 11.3 Å². The van der Waals surface area contributed by atoms with Crippen LogP contribution in [0, 0.1) is 0 Å². The Morgan fingerprint density at radius 1 is 1.39 bits per heavy atom. The average molecular weight is 259 g/mol. The van der Waals surface area contributed by atoms with Crippen molar-refractivity contribution in [2.45, 2.75) is 25.4 Å². The molecule has 2 aromatic rings. The van der Waals surface area contributed by atoms with Gasteiger partial charge in [0.2, 0.25) is 0 Å². The van der Waals surface area contributed by atoms with Gasteiger partial charge in [0.1, 0.15) is 5.69 Å². The molecule has 2 aromatic heterocycles. The van der Waals surface area contributed by atoms with E-state index >= 15 is 0 Å². The Labute approximate surface area is 109 Å². The van der Waals surface area contributed by atoms with Crippen LogP contribution in [-0.4, -0.2) is 26.8 Å². The lowest BCUT2D eigenvalue weighted by molar-refractivity contribution is 0.0724. The molecule has 3 rings (SSSR count). The lowest BCUT2D eigenvalue weighted by Gasteiger charge is -2.21. The number of pyridine rings is 1. The van der Waals surface area contributed by atoms with Crippen molar-refractivity contribution in [2.75, 3.05) is 0 Å². The van der Waals surface area contributed by atoms with Crippen molar-refractivity contribution in [1.29, 1.82) is 0 Å². The van der Waals surface area contributed by atoms with E-state index in [9.17, 15) is 4.79 Å². The van der Waals surface area contributed by atoms with Gasteiger partial charge in [0.15, 0.2) is 0 Å². The van der Waals surface area contributed by atoms with Gasteiger partial charge in [-0.05, 0) is 30.5 Å². The normalized spacial score (nSPS) is 14.4. The molecule has 5 heteroatoms. The molecule has 1 amide bonds.